The van der Waals surface area contributed by atoms with Gasteiger partial charge >= 0.3 is 0 Å². The fourth-order valence-corrected chi connectivity index (χ4v) is 1.31. The molecule has 1 aromatic heterocycles. The lowest BCUT2D eigenvalue weighted by atomic mass is 10.2. The third-order valence-corrected chi connectivity index (χ3v) is 2.13. The van der Waals surface area contributed by atoms with E-state index < -0.39 is 0 Å². The molecular formula is C11H15ClN2O2. The molecular weight excluding hydrogens is 228 g/mol. The largest absolute Gasteiger partial charge is 0.277 e. The molecule has 0 radical (unpaired) electrons. The first-order valence-electron chi connectivity index (χ1n) is 5.05. The minimum absolute atomic E-state index is 0.316. The molecule has 5 heteroatoms. The van der Waals surface area contributed by atoms with Crippen LogP contribution in [0, 0.1) is 12.8 Å². The van der Waals surface area contributed by atoms with Crippen LogP contribution in [-0.2, 0) is 4.84 Å². The lowest BCUT2D eigenvalue weighted by Gasteiger charge is -2.08. The number of rotatable bonds is 4. The number of amides is 1. The quantitative estimate of drug-likeness (QED) is 0.825. The van der Waals surface area contributed by atoms with Gasteiger partial charge < -0.3 is 0 Å². The SMILES string of the molecule is Cc1cc(Cl)c(C(=O)NOCC(C)C)cn1. The van der Waals surface area contributed by atoms with E-state index in [1.807, 2.05) is 20.8 Å². The van der Waals surface area contributed by atoms with Crippen molar-refractivity contribution in [1.29, 1.82) is 0 Å². The Morgan fingerprint density at radius 2 is 2.31 bits per heavy atom. The average Bonchev–Trinajstić information content (AvgIpc) is 2.16. The van der Waals surface area contributed by atoms with Gasteiger partial charge in [-0.1, -0.05) is 25.4 Å². The van der Waals surface area contributed by atoms with Gasteiger partial charge in [0.2, 0.25) is 0 Å². The molecule has 0 saturated heterocycles. The van der Waals surface area contributed by atoms with Gasteiger partial charge in [0, 0.05) is 11.9 Å². The summed E-state index contributed by atoms with van der Waals surface area (Å²) in [6.45, 7) is 6.25. The Morgan fingerprint density at radius 1 is 1.62 bits per heavy atom. The maximum Gasteiger partial charge on any atom is 0.277 e. The molecule has 16 heavy (non-hydrogen) atoms. The standard InChI is InChI=1S/C11H15ClN2O2/c1-7(2)6-16-14-11(15)9-5-13-8(3)4-10(9)12/h4-5,7H,6H2,1-3H3,(H,14,15). The zero-order valence-electron chi connectivity index (χ0n) is 9.58. The third kappa shape index (κ3) is 3.79. The van der Waals surface area contributed by atoms with Gasteiger partial charge in [-0.25, -0.2) is 5.48 Å². The van der Waals surface area contributed by atoms with Crippen molar-refractivity contribution < 1.29 is 9.63 Å². The molecule has 4 nitrogen and oxygen atoms in total. The second-order valence-electron chi connectivity index (χ2n) is 3.94. The number of halogens is 1. The Kier molecular flexibility index (Phi) is 4.71. The molecule has 1 amide bonds. The van der Waals surface area contributed by atoms with Crippen LogP contribution in [0.3, 0.4) is 0 Å². The topological polar surface area (TPSA) is 51.2 Å². The van der Waals surface area contributed by atoms with E-state index in [4.69, 9.17) is 16.4 Å². The van der Waals surface area contributed by atoms with E-state index in [-0.39, 0.29) is 5.91 Å². The molecule has 0 aromatic carbocycles. The monoisotopic (exact) mass is 242 g/mol. The van der Waals surface area contributed by atoms with Crippen LogP contribution in [0.5, 0.6) is 0 Å². The molecule has 88 valence electrons. The van der Waals surface area contributed by atoms with Crippen molar-refractivity contribution in [2.24, 2.45) is 5.92 Å². The van der Waals surface area contributed by atoms with Crippen molar-refractivity contribution in [1.82, 2.24) is 10.5 Å². The molecule has 0 aliphatic heterocycles. The summed E-state index contributed by atoms with van der Waals surface area (Å²) in [5.41, 5.74) is 3.41. The number of nitrogens with zero attached hydrogens (tertiary/aromatic N) is 1. The van der Waals surface area contributed by atoms with Crippen LogP contribution in [0.2, 0.25) is 5.02 Å². The van der Waals surface area contributed by atoms with Crippen molar-refractivity contribution >= 4 is 17.5 Å². The molecule has 0 aliphatic rings. The van der Waals surface area contributed by atoms with Gasteiger partial charge in [-0.05, 0) is 18.9 Å². The lowest BCUT2D eigenvalue weighted by molar-refractivity contribution is 0.0208. The minimum atomic E-state index is -0.377. The Morgan fingerprint density at radius 3 is 2.88 bits per heavy atom. The van der Waals surface area contributed by atoms with E-state index in [1.54, 1.807) is 6.07 Å². The first-order chi connectivity index (χ1) is 7.50. The summed E-state index contributed by atoms with van der Waals surface area (Å²) >= 11 is 5.91. The second-order valence-corrected chi connectivity index (χ2v) is 4.35. The molecule has 0 atom stereocenters. The fourth-order valence-electron chi connectivity index (χ4n) is 1.02. The van der Waals surface area contributed by atoms with Crippen LogP contribution in [0.15, 0.2) is 12.3 Å². The normalized spacial score (nSPS) is 10.6. The van der Waals surface area contributed by atoms with Gasteiger partial charge in [-0.2, -0.15) is 0 Å². The third-order valence-electron chi connectivity index (χ3n) is 1.82. The molecule has 1 heterocycles. The van der Waals surface area contributed by atoms with Crippen LogP contribution in [0.4, 0.5) is 0 Å². The Hall–Kier alpha value is -1.13. The zero-order chi connectivity index (χ0) is 12.1. The fraction of sp³-hybridized carbons (Fsp3) is 0.455. The first-order valence-corrected chi connectivity index (χ1v) is 5.42. The summed E-state index contributed by atoms with van der Waals surface area (Å²) in [6, 6.07) is 1.64. The van der Waals surface area contributed by atoms with E-state index >= 15 is 0 Å². The van der Waals surface area contributed by atoms with Crippen LogP contribution >= 0.6 is 11.6 Å². The Labute approximate surface area is 99.9 Å². The number of carbonyl (C=O) groups excluding carboxylic acids is 1. The van der Waals surface area contributed by atoms with Gasteiger partial charge in [-0.15, -0.1) is 0 Å². The molecule has 0 unspecified atom stereocenters. The maximum absolute atomic E-state index is 11.6. The van der Waals surface area contributed by atoms with Gasteiger partial charge in [0.25, 0.3) is 5.91 Å². The van der Waals surface area contributed by atoms with E-state index in [9.17, 15) is 4.79 Å². The van der Waals surface area contributed by atoms with Crippen LogP contribution in [0.1, 0.15) is 29.9 Å². The summed E-state index contributed by atoms with van der Waals surface area (Å²) in [4.78, 5) is 20.6. The summed E-state index contributed by atoms with van der Waals surface area (Å²) in [5.74, 6) is -0.0231. The van der Waals surface area contributed by atoms with Gasteiger partial charge in [0.15, 0.2) is 0 Å². The highest BCUT2D eigenvalue weighted by Gasteiger charge is 2.11. The number of aromatic nitrogens is 1. The highest BCUT2D eigenvalue weighted by atomic mass is 35.5. The van der Waals surface area contributed by atoms with Gasteiger partial charge in [0.05, 0.1) is 17.2 Å². The van der Waals surface area contributed by atoms with Crippen molar-refractivity contribution in [3.8, 4) is 0 Å². The number of carbonyl (C=O) groups is 1. The van der Waals surface area contributed by atoms with E-state index in [0.717, 1.165) is 5.69 Å². The highest BCUT2D eigenvalue weighted by molar-refractivity contribution is 6.33. The number of pyridine rings is 1. The average molecular weight is 243 g/mol. The first kappa shape index (κ1) is 12.9. The summed E-state index contributed by atoms with van der Waals surface area (Å²) < 4.78 is 0. The van der Waals surface area contributed by atoms with Crippen molar-refractivity contribution in [3.05, 3.63) is 28.5 Å². The number of hydrogen-bond donors (Lipinski definition) is 1. The van der Waals surface area contributed by atoms with Crippen LogP contribution in [-0.4, -0.2) is 17.5 Å². The smallest absolute Gasteiger partial charge is 0.273 e. The lowest BCUT2D eigenvalue weighted by Crippen LogP contribution is -2.26. The number of hydroxylamine groups is 1. The van der Waals surface area contributed by atoms with Crippen LogP contribution < -0.4 is 5.48 Å². The minimum Gasteiger partial charge on any atom is -0.273 e. The summed E-state index contributed by atoms with van der Waals surface area (Å²) in [7, 11) is 0. The number of hydrogen-bond acceptors (Lipinski definition) is 3. The van der Waals surface area contributed by atoms with Crippen LogP contribution in [0.25, 0.3) is 0 Å². The molecule has 0 bridgehead atoms. The van der Waals surface area contributed by atoms with E-state index in [0.29, 0.717) is 23.1 Å². The number of aryl methyl sites for hydroxylation is 1. The summed E-state index contributed by atoms with van der Waals surface area (Å²) in [6.07, 6.45) is 1.44. The predicted molar refractivity (Wildman–Crippen MR) is 62.2 cm³/mol. The zero-order valence-corrected chi connectivity index (χ0v) is 10.3. The number of nitrogens with one attached hydrogen (secondary N) is 1. The van der Waals surface area contributed by atoms with Crippen molar-refractivity contribution in [2.45, 2.75) is 20.8 Å². The molecule has 0 fully saturated rings. The van der Waals surface area contributed by atoms with Gasteiger partial charge in [0.1, 0.15) is 0 Å². The van der Waals surface area contributed by atoms with Crippen molar-refractivity contribution in [2.75, 3.05) is 6.61 Å². The predicted octanol–water partition coefficient (Wildman–Crippen LogP) is 2.36. The van der Waals surface area contributed by atoms with E-state index in [1.165, 1.54) is 6.20 Å². The summed E-state index contributed by atoms with van der Waals surface area (Å²) in [5, 5.41) is 0.373. The molecule has 1 N–H and O–H groups in total. The molecule has 0 spiro atoms. The molecule has 1 rings (SSSR count). The Balaban J connectivity index is 2.59. The second kappa shape index (κ2) is 5.82. The Bertz CT molecular complexity index is 380. The maximum atomic E-state index is 11.6. The van der Waals surface area contributed by atoms with Crippen molar-refractivity contribution in [3.63, 3.8) is 0 Å². The molecule has 1 aromatic rings. The highest BCUT2D eigenvalue weighted by Crippen LogP contribution is 2.15. The molecule has 0 saturated carbocycles. The van der Waals surface area contributed by atoms with E-state index in [2.05, 4.69) is 10.5 Å². The molecule has 0 aliphatic carbocycles. The van der Waals surface area contributed by atoms with Gasteiger partial charge in [-0.3, -0.25) is 14.6 Å².